The van der Waals surface area contributed by atoms with Gasteiger partial charge in [-0.05, 0) is 18.9 Å². The highest BCUT2D eigenvalue weighted by atomic mass is 32.1. The fourth-order valence-corrected chi connectivity index (χ4v) is 2.98. The van der Waals surface area contributed by atoms with Crippen molar-refractivity contribution in [3.63, 3.8) is 0 Å². The van der Waals surface area contributed by atoms with Crippen molar-refractivity contribution in [1.29, 1.82) is 0 Å². The first-order valence-electron chi connectivity index (χ1n) is 6.74. The summed E-state index contributed by atoms with van der Waals surface area (Å²) >= 11 is 1.63. The van der Waals surface area contributed by atoms with Gasteiger partial charge < -0.3 is 0 Å². The smallest absolute Gasteiger partial charge is 0.262 e. The molecule has 0 aliphatic carbocycles. The molecular weight excluding hydrogens is 244 g/mol. The van der Waals surface area contributed by atoms with Crippen molar-refractivity contribution in [2.24, 2.45) is 0 Å². The zero-order valence-electron chi connectivity index (χ0n) is 11.1. The third-order valence-corrected chi connectivity index (χ3v) is 4.36. The standard InChI is InChI=1S/C14H20N2OS/c1-3-5-6-7-8-16-10-15-13-12(14(16)17)9-11(4-2)18-13/h9-10H,3-8H2,1-2H3. The molecule has 2 rings (SSSR count). The number of hydrogen-bond acceptors (Lipinski definition) is 3. The molecule has 0 amide bonds. The molecule has 0 radical (unpaired) electrons. The molecule has 0 unspecified atom stereocenters. The first-order chi connectivity index (χ1) is 8.76. The second-order valence-corrected chi connectivity index (χ2v) is 5.70. The van der Waals surface area contributed by atoms with Gasteiger partial charge in [0.15, 0.2) is 0 Å². The van der Waals surface area contributed by atoms with Crippen molar-refractivity contribution in [3.05, 3.63) is 27.6 Å². The second kappa shape index (κ2) is 6.14. The Bertz CT molecular complexity index is 571. The number of fused-ring (bicyclic) bond motifs is 1. The number of unbranched alkanes of at least 4 members (excludes halogenated alkanes) is 3. The second-order valence-electron chi connectivity index (χ2n) is 4.59. The molecule has 0 saturated carbocycles. The third kappa shape index (κ3) is 2.80. The molecule has 0 atom stereocenters. The van der Waals surface area contributed by atoms with E-state index < -0.39 is 0 Å². The van der Waals surface area contributed by atoms with Gasteiger partial charge in [0.05, 0.1) is 11.7 Å². The molecule has 4 heteroatoms. The summed E-state index contributed by atoms with van der Waals surface area (Å²) in [5, 5.41) is 0.787. The van der Waals surface area contributed by atoms with E-state index in [0.29, 0.717) is 0 Å². The Morgan fingerprint density at radius 2 is 2.11 bits per heavy atom. The summed E-state index contributed by atoms with van der Waals surface area (Å²) in [6.45, 7) is 5.09. The van der Waals surface area contributed by atoms with Crippen LogP contribution in [0.1, 0.15) is 44.4 Å². The lowest BCUT2D eigenvalue weighted by Gasteiger charge is -2.04. The van der Waals surface area contributed by atoms with Crippen molar-refractivity contribution < 1.29 is 0 Å². The molecule has 0 aromatic carbocycles. The van der Waals surface area contributed by atoms with E-state index in [-0.39, 0.29) is 5.56 Å². The minimum Gasteiger partial charge on any atom is -0.299 e. The SMILES string of the molecule is CCCCCCn1cnc2sc(CC)cc2c1=O. The zero-order valence-corrected chi connectivity index (χ0v) is 11.9. The minimum atomic E-state index is 0.118. The van der Waals surface area contributed by atoms with E-state index in [1.54, 1.807) is 22.2 Å². The maximum absolute atomic E-state index is 12.3. The molecule has 0 aliphatic rings. The predicted octanol–water partition coefficient (Wildman–Crippen LogP) is 3.60. The minimum absolute atomic E-state index is 0.118. The summed E-state index contributed by atoms with van der Waals surface area (Å²) in [6.07, 6.45) is 7.37. The monoisotopic (exact) mass is 264 g/mol. The van der Waals surface area contributed by atoms with E-state index >= 15 is 0 Å². The number of aryl methyl sites for hydroxylation is 2. The summed E-state index contributed by atoms with van der Waals surface area (Å²) in [4.78, 5) is 18.8. The summed E-state index contributed by atoms with van der Waals surface area (Å²) in [5.41, 5.74) is 0.118. The highest BCUT2D eigenvalue weighted by molar-refractivity contribution is 7.18. The molecule has 18 heavy (non-hydrogen) atoms. The largest absolute Gasteiger partial charge is 0.299 e. The maximum Gasteiger partial charge on any atom is 0.262 e. The topological polar surface area (TPSA) is 34.9 Å². The first-order valence-corrected chi connectivity index (χ1v) is 7.55. The van der Waals surface area contributed by atoms with Crippen LogP contribution in [0, 0.1) is 0 Å². The van der Waals surface area contributed by atoms with Crippen LogP contribution in [0.3, 0.4) is 0 Å². The normalized spacial score (nSPS) is 11.2. The molecule has 0 fully saturated rings. The lowest BCUT2D eigenvalue weighted by molar-refractivity contribution is 0.568. The third-order valence-electron chi connectivity index (χ3n) is 3.17. The van der Waals surface area contributed by atoms with Crippen molar-refractivity contribution in [2.75, 3.05) is 0 Å². The Kier molecular flexibility index (Phi) is 4.53. The van der Waals surface area contributed by atoms with Crippen LogP contribution in [0.5, 0.6) is 0 Å². The lowest BCUT2D eigenvalue weighted by Crippen LogP contribution is -2.19. The van der Waals surface area contributed by atoms with Gasteiger partial charge in [0, 0.05) is 11.4 Å². The van der Waals surface area contributed by atoms with Crippen LogP contribution in [0.15, 0.2) is 17.2 Å². The number of aromatic nitrogens is 2. The molecule has 0 spiro atoms. The van der Waals surface area contributed by atoms with Crippen LogP contribution >= 0.6 is 11.3 Å². The molecule has 0 saturated heterocycles. The molecule has 0 aliphatic heterocycles. The van der Waals surface area contributed by atoms with Gasteiger partial charge in [-0.1, -0.05) is 33.1 Å². The Labute approximate surface area is 111 Å². The number of thiophene rings is 1. The molecular formula is C14H20N2OS. The average molecular weight is 264 g/mol. The number of hydrogen-bond donors (Lipinski definition) is 0. The van der Waals surface area contributed by atoms with Crippen molar-refractivity contribution >= 4 is 21.6 Å². The van der Waals surface area contributed by atoms with Crippen LogP contribution in [-0.4, -0.2) is 9.55 Å². The van der Waals surface area contributed by atoms with Gasteiger partial charge in [-0.25, -0.2) is 4.98 Å². The molecule has 98 valence electrons. The van der Waals surface area contributed by atoms with Gasteiger partial charge in [-0.3, -0.25) is 9.36 Å². The van der Waals surface area contributed by atoms with Gasteiger partial charge in [-0.2, -0.15) is 0 Å². The number of nitrogens with zero attached hydrogens (tertiary/aromatic N) is 2. The highest BCUT2D eigenvalue weighted by Crippen LogP contribution is 2.21. The van der Waals surface area contributed by atoms with E-state index in [1.807, 2.05) is 6.07 Å². The van der Waals surface area contributed by atoms with Crippen LogP contribution in [0.4, 0.5) is 0 Å². The zero-order chi connectivity index (χ0) is 13.0. The quantitative estimate of drug-likeness (QED) is 0.747. The fraction of sp³-hybridized carbons (Fsp3) is 0.571. The van der Waals surface area contributed by atoms with Crippen molar-refractivity contribution in [3.8, 4) is 0 Å². The summed E-state index contributed by atoms with van der Waals surface area (Å²) in [5.74, 6) is 0. The maximum atomic E-state index is 12.3. The van der Waals surface area contributed by atoms with E-state index in [2.05, 4.69) is 18.8 Å². The number of rotatable bonds is 6. The fourth-order valence-electron chi connectivity index (χ4n) is 2.05. The van der Waals surface area contributed by atoms with Crippen LogP contribution in [-0.2, 0) is 13.0 Å². The Morgan fingerprint density at radius 3 is 2.83 bits per heavy atom. The summed E-state index contributed by atoms with van der Waals surface area (Å²) in [6, 6.07) is 2.00. The van der Waals surface area contributed by atoms with Crippen LogP contribution < -0.4 is 5.56 Å². The van der Waals surface area contributed by atoms with Gasteiger partial charge >= 0.3 is 0 Å². The lowest BCUT2D eigenvalue weighted by atomic mass is 10.2. The van der Waals surface area contributed by atoms with Gasteiger partial charge in [0.25, 0.3) is 5.56 Å². The first kappa shape index (κ1) is 13.3. The van der Waals surface area contributed by atoms with Gasteiger partial charge in [0.2, 0.25) is 0 Å². The molecule has 0 N–H and O–H groups in total. The predicted molar refractivity (Wildman–Crippen MR) is 77.4 cm³/mol. The molecule has 0 bridgehead atoms. The van der Waals surface area contributed by atoms with Gasteiger partial charge in [-0.15, -0.1) is 11.3 Å². The van der Waals surface area contributed by atoms with Crippen LogP contribution in [0.25, 0.3) is 10.2 Å². The molecule has 2 heterocycles. The van der Waals surface area contributed by atoms with Crippen LogP contribution in [0.2, 0.25) is 0 Å². The Morgan fingerprint density at radius 1 is 1.28 bits per heavy atom. The highest BCUT2D eigenvalue weighted by Gasteiger charge is 2.07. The van der Waals surface area contributed by atoms with E-state index in [1.165, 1.54) is 24.1 Å². The Balaban J connectivity index is 2.19. The Hall–Kier alpha value is -1.16. The van der Waals surface area contributed by atoms with Gasteiger partial charge in [0.1, 0.15) is 4.83 Å². The van der Waals surface area contributed by atoms with Crippen molar-refractivity contribution in [2.45, 2.75) is 52.5 Å². The molecule has 2 aromatic rings. The summed E-state index contributed by atoms with van der Waals surface area (Å²) in [7, 11) is 0. The van der Waals surface area contributed by atoms with E-state index in [9.17, 15) is 4.79 Å². The van der Waals surface area contributed by atoms with E-state index in [0.717, 1.165) is 29.6 Å². The molecule has 3 nitrogen and oxygen atoms in total. The average Bonchev–Trinajstić information content (AvgIpc) is 2.81. The molecule has 2 aromatic heterocycles. The van der Waals surface area contributed by atoms with Crippen molar-refractivity contribution in [1.82, 2.24) is 9.55 Å². The summed E-state index contributed by atoms with van der Waals surface area (Å²) < 4.78 is 1.75. The van der Waals surface area contributed by atoms with E-state index in [4.69, 9.17) is 0 Å².